The summed E-state index contributed by atoms with van der Waals surface area (Å²) < 4.78 is 11.9. The number of amides is 4. The van der Waals surface area contributed by atoms with Crippen molar-refractivity contribution < 1.29 is 28.3 Å². The average molecular weight is 591 g/mol. The number of hydrogen-bond donors (Lipinski definition) is 2. The SMILES string of the molecule is O=C1CCC(N2C(=O)c3cccc(C#CCCOCCCNC(c4cccnc4)c4cc5ccccc5o4)c3C2=O)C(=O)N1. The average Bonchev–Trinajstić information content (AvgIpc) is 3.57. The van der Waals surface area contributed by atoms with Crippen molar-refractivity contribution in [2.75, 3.05) is 19.8 Å². The van der Waals surface area contributed by atoms with Gasteiger partial charge in [-0.1, -0.05) is 42.2 Å². The highest BCUT2D eigenvalue weighted by molar-refractivity contribution is 6.24. The highest BCUT2D eigenvalue weighted by Gasteiger charge is 2.45. The normalized spacial score (nSPS) is 16.9. The zero-order valence-corrected chi connectivity index (χ0v) is 23.9. The summed E-state index contributed by atoms with van der Waals surface area (Å²) in [7, 11) is 0. The molecule has 2 aliphatic heterocycles. The molecule has 2 aromatic carbocycles. The molecule has 222 valence electrons. The molecular weight excluding hydrogens is 560 g/mol. The van der Waals surface area contributed by atoms with E-state index in [1.54, 1.807) is 24.4 Å². The monoisotopic (exact) mass is 590 g/mol. The molecule has 2 atom stereocenters. The fraction of sp³-hybridized carbons (Fsp3) is 0.265. The first-order valence-electron chi connectivity index (χ1n) is 14.5. The van der Waals surface area contributed by atoms with Gasteiger partial charge >= 0.3 is 0 Å². The summed E-state index contributed by atoms with van der Waals surface area (Å²) in [4.78, 5) is 55.2. The largest absolute Gasteiger partial charge is 0.459 e. The molecule has 10 nitrogen and oxygen atoms in total. The fourth-order valence-corrected chi connectivity index (χ4v) is 5.50. The van der Waals surface area contributed by atoms with Crippen molar-refractivity contribution in [1.29, 1.82) is 0 Å². The van der Waals surface area contributed by atoms with Gasteiger partial charge in [0, 0.05) is 42.8 Å². The molecule has 0 aliphatic carbocycles. The Morgan fingerprint density at radius 3 is 2.75 bits per heavy atom. The molecule has 44 heavy (non-hydrogen) atoms. The Labute approximate surface area is 253 Å². The summed E-state index contributed by atoms with van der Waals surface area (Å²) in [6.07, 6.45) is 4.95. The molecule has 10 heteroatoms. The van der Waals surface area contributed by atoms with Crippen LogP contribution < -0.4 is 10.6 Å². The number of carbonyl (C=O) groups excluding carboxylic acids is 4. The molecule has 0 spiro atoms. The van der Waals surface area contributed by atoms with Gasteiger partial charge in [-0.15, -0.1) is 0 Å². The maximum atomic E-state index is 13.2. The molecule has 2 aliphatic rings. The fourth-order valence-electron chi connectivity index (χ4n) is 5.50. The lowest BCUT2D eigenvalue weighted by Gasteiger charge is -2.27. The number of piperidine rings is 1. The smallest absolute Gasteiger partial charge is 0.263 e. The van der Waals surface area contributed by atoms with Gasteiger partial charge in [0.1, 0.15) is 17.4 Å². The van der Waals surface area contributed by atoms with Gasteiger partial charge in [-0.3, -0.25) is 34.4 Å². The molecule has 0 saturated carbocycles. The molecule has 2 unspecified atom stereocenters. The number of pyridine rings is 1. The van der Waals surface area contributed by atoms with Gasteiger partial charge in [0.2, 0.25) is 11.8 Å². The van der Waals surface area contributed by atoms with Gasteiger partial charge in [0.25, 0.3) is 11.8 Å². The summed E-state index contributed by atoms with van der Waals surface area (Å²) in [5.41, 5.74) is 2.67. The number of ether oxygens (including phenoxy) is 1. The van der Waals surface area contributed by atoms with E-state index in [9.17, 15) is 19.2 Å². The molecule has 2 aromatic heterocycles. The molecular formula is C34H30N4O6. The Bertz CT molecular complexity index is 1750. The lowest BCUT2D eigenvalue weighted by atomic mass is 10.0. The van der Waals surface area contributed by atoms with Crippen LogP contribution in [0.25, 0.3) is 11.0 Å². The number of hydrogen-bond acceptors (Lipinski definition) is 8. The molecule has 4 aromatic rings. The lowest BCUT2D eigenvalue weighted by molar-refractivity contribution is -0.136. The van der Waals surface area contributed by atoms with Gasteiger partial charge < -0.3 is 14.5 Å². The van der Waals surface area contributed by atoms with Crippen LogP contribution in [-0.2, 0) is 14.3 Å². The summed E-state index contributed by atoms with van der Waals surface area (Å²) in [6.45, 7) is 1.63. The number of nitrogens with zero attached hydrogens (tertiary/aromatic N) is 2. The number of aromatic nitrogens is 1. The first kappa shape index (κ1) is 29.0. The number of nitrogens with one attached hydrogen (secondary N) is 2. The van der Waals surface area contributed by atoms with E-state index in [0.717, 1.165) is 33.6 Å². The van der Waals surface area contributed by atoms with E-state index in [2.05, 4.69) is 27.5 Å². The van der Waals surface area contributed by atoms with E-state index in [1.165, 1.54) is 0 Å². The van der Waals surface area contributed by atoms with E-state index in [4.69, 9.17) is 9.15 Å². The first-order chi connectivity index (χ1) is 21.5. The van der Waals surface area contributed by atoms with Crippen molar-refractivity contribution in [1.82, 2.24) is 20.5 Å². The second-order valence-corrected chi connectivity index (χ2v) is 10.6. The van der Waals surface area contributed by atoms with Gasteiger partial charge in [-0.05, 0) is 55.3 Å². The number of fused-ring (bicyclic) bond motifs is 2. The van der Waals surface area contributed by atoms with E-state index in [-0.39, 0.29) is 30.0 Å². The summed E-state index contributed by atoms with van der Waals surface area (Å²) in [5, 5.41) is 6.80. The van der Waals surface area contributed by atoms with Gasteiger partial charge in [0.15, 0.2) is 0 Å². The molecule has 4 heterocycles. The first-order valence-corrected chi connectivity index (χ1v) is 14.5. The van der Waals surface area contributed by atoms with E-state index in [1.807, 2.05) is 48.7 Å². The van der Waals surface area contributed by atoms with Crippen LogP contribution in [0.2, 0.25) is 0 Å². The van der Waals surface area contributed by atoms with Crippen molar-refractivity contribution in [3.63, 3.8) is 0 Å². The van der Waals surface area contributed by atoms with Crippen molar-refractivity contribution in [3.05, 3.63) is 101 Å². The molecule has 2 N–H and O–H groups in total. The molecule has 0 radical (unpaired) electrons. The van der Waals surface area contributed by atoms with Gasteiger partial charge in [0.05, 0.1) is 23.8 Å². The highest BCUT2D eigenvalue weighted by Crippen LogP contribution is 2.30. The van der Waals surface area contributed by atoms with Crippen molar-refractivity contribution in [2.45, 2.75) is 37.8 Å². The van der Waals surface area contributed by atoms with Gasteiger partial charge in [-0.25, -0.2) is 0 Å². The maximum absolute atomic E-state index is 13.2. The second-order valence-electron chi connectivity index (χ2n) is 10.6. The Balaban J connectivity index is 0.997. The third-order valence-electron chi connectivity index (χ3n) is 7.62. The van der Waals surface area contributed by atoms with Crippen LogP contribution >= 0.6 is 0 Å². The molecule has 4 amide bonds. The molecule has 6 rings (SSSR count). The number of benzene rings is 2. The second kappa shape index (κ2) is 13.0. The Kier molecular flexibility index (Phi) is 8.59. The van der Waals surface area contributed by atoms with Crippen LogP contribution in [0.15, 0.2) is 77.5 Å². The molecule has 0 bridgehead atoms. The third kappa shape index (κ3) is 6.01. The van der Waals surface area contributed by atoms with E-state index in [0.29, 0.717) is 31.7 Å². The minimum absolute atomic E-state index is 0.0684. The standard InChI is InChI=1S/C34H30N4O6/c39-29-15-14-26(32(40)37-29)38-33(41)25-12-5-10-22(30(25)34(38)42)8-3-4-18-43-19-7-17-36-31(24-11-6-16-35-21-24)28-20-23-9-1-2-13-27(23)44-28/h1-2,5-6,9-13,16,20-21,26,31,36H,4,7,14-15,17-19H2,(H,37,39,40). The highest BCUT2D eigenvalue weighted by atomic mass is 16.5. The zero-order chi connectivity index (χ0) is 30.5. The van der Waals surface area contributed by atoms with E-state index >= 15 is 0 Å². The van der Waals surface area contributed by atoms with Crippen LogP contribution in [0.4, 0.5) is 0 Å². The van der Waals surface area contributed by atoms with E-state index < -0.39 is 29.7 Å². The van der Waals surface area contributed by atoms with Gasteiger partial charge in [-0.2, -0.15) is 0 Å². The summed E-state index contributed by atoms with van der Waals surface area (Å²) in [6, 6.07) is 17.6. The molecule has 1 fully saturated rings. The quantitative estimate of drug-likeness (QED) is 0.162. The Hall–Kier alpha value is -5.11. The topological polar surface area (TPSA) is 131 Å². The lowest BCUT2D eigenvalue weighted by Crippen LogP contribution is -2.54. The minimum atomic E-state index is -1.01. The van der Waals surface area contributed by atoms with Crippen LogP contribution in [0.5, 0.6) is 0 Å². The number of imide groups is 2. The van der Waals surface area contributed by atoms with Crippen molar-refractivity contribution in [3.8, 4) is 11.8 Å². The minimum Gasteiger partial charge on any atom is -0.459 e. The Morgan fingerprint density at radius 1 is 1.05 bits per heavy atom. The predicted octanol–water partition coefficient (Wildman–Crippen LogP) is 3.76. The van der Waals surface area contributed by atoms with Crippen LogP contribution in [0.3, 0.4) is 0 Å². The van der Waals surface area contributed by atoms with Crippen LogP contribution in [0, 0.1) is 11.8 Å². The summed E-state index contributed by atoms with van der Waals surface area (Å²) in [5.74, 6) is 4.66. The predicted molar refractivity (Wildman–Crippen MR) is 160 cm³/mol. The van der Waals surface area contributed by atoms with Crippen molar-refractivity contribution in [2.24, 2.45) is 0 Å². The van der Waals surface area contributed by atoms with Crippen molar-refractivity contribution >= 4 is 34.6 Å². The number of carbonyl (C=O) groups is 4. The number of rotatable bonds is 10. The third-order valence-corrected chi connectivity index (χ3v) is 7.62. The van der Waals surface area contributed by atoms with Crippen LogP contribution in [-0.4, -0.2) is 59.3 Å². The molecule has 1 saturated heterocycles. The number of para-hydroxylation sites is 1. The Morgan fingerprint density at radius 2 is 1.93 bits per heavy atom. The van der Waals surface area contributed by atoms with Crippen LogP contribution in [0.1, 0.15) is 69.3 Å². The number of furan rings is 1. The zero-order valence-electron chi connectivity index (χ0n) is 23.9. The maximum Gasteiger partial charge on any atom is 0.263 e. The summed E-state index contributed by atoms with van der Waals surface area (Å²) >= 11 is 0.